The number of aliphatic hydroxyl groups excluding tert-OH is 1. The molecule has 2 rings (SSSR count). The van der Waals surface area contributed by atoms with Gasteiger partial charge in [0.2, 0.25) is 10.0 Å². The number of nitrogens with zero attached hydrogens (tertiary/aromatic N) is 1. The molecule has 1 fully saturated rings. The zero-order valence-electron chi connectivity index (χ0n) is 10.8. The van der Waals surface area contributed by atoms with Gasteiger partial charge in [-0.1, -0.05) is 15.9 Å². The van der Waals surface area contributed by atoms with Gasteiger partial charge in [0, 0.05) is 17.6 Å². The van der Waals surface area contributed by atoms with Crippen LogP contribution in [0.5, 0.6) is 0 Å². The highest BCUT2D eigenvalue weighted by molar-refractivity contribution is 9.10. The van der Waals surface area contributed by atoms with Gasteiger partial charge in [0.05, 0.1) is 11.0 Å². The minimum Gasteiger partial charge on any atom is -0.393 e. The first kappa shape index (κ1) is 15.0. The van der Waals surface area contributed by atoms with Crippen LogP contribution in [0.2, 0.25) is 0 Å². The molecule has 0 radical (unpaired) electrons. The Bertz CT molecular complexity index is 527. The highest BCUT2D eigenvalue weighted by Crippen LogP contribution is 2.26. The third-order valence-corrected chi connectivity index (χ3v) is 5.96. The fourth-order valence-electron chi connectivity index (χ4n) is 2.34. The lowest BCUT2D eigenvalue weighted by Crippen LogP contribution is -2.42. The second-order valence-corrected chi connectivity index (χ2v) is 7.81. The molecule has 0 spiro atoms. The predicted octanol–water partition coefficient (Wildman–Crippen LogP) is 2.23. The number of hydrogen-bond donors (Lipinski definition) is 1. The van der Waals surface area contributed by atoms with Crippen LogP contribution in [-0.4, -0.2) is 37.0 Å². The van der Waals surface area contributed by atoms with Gasteiger partial charge in [0.15, 0.2) is 0 Å². The number of halogens is 1. The Balaban J connectivity index is 2.22. The van der Waals surface area contributed by atoms with Gasteiger partial charge >= 0.3 is 0 Å². The number of rotatable bonds is 3. The molecule has 1 aliphatic rings. The number of benzene rings is 1. The van der Waals surface area contributed by atoms with Gasteiger partial charge in [-0.15, -0.1) is 0 Å². The Morgan fingerprint density at radius 1 is 1.37 bits per heavy atom. The molecule has 1 aromatic rings. The summed E-state index contributed by atoms with van der Waals surface area (Å²) in [5, 5.41) is 9.64. The monoisotopic (exact) mass is 347 g/mol. The topological polar surface area (TPSA) is 57.6 Å². The molecule has 6 heteroatoms. The molecule has 1 N–H and O–H groups in total. The minimum absolute atomic E-state index is 0.0268. The van der Waals surface area contributed by atoms with Crippen LogP contribution in [0.15, 0.2) is 33.6 Å². The lowest BCUT2D eigenvalue weighted by Gasteiger charge is -2.33. The second-order valence-electron chi connectivity index (χ2n) is 4.96. The van der Waals surface area contributed by atoms with Gasteiger partial charge in [0.25, 0.3) is 0 Å². The molecule has 0 saturated carbocycles. The van der Waals surface area contributed by atoms with E-state index in [2.05, 4.69) is 15.9 Å². The van der Waals surface area contributed by atoms with E-state index in [0.29, 0.717) is 18.0 Å². The van der Waals surface area contributed by atoms with E-state index in [1.54, 1.807) is 31.2 Å². The summed E-state index contributed by atoms with van der Waals surface area (Å²) < 4.78 is 27.3. The molecule has 1 saturated heterocycles. The van der Waals surface area contributed by atoms with Crippen LogP contribution in [0.3, 0.4) is 0 Å². The summed E-state index contributed by atoms with van der Waals surface area (Å²) in [6.45, 7) is 2.65. The standard InChI is InChI=1S/C13H18BrNO3S/c1-10(16)11-3-2-8-15(9-11)19(17,18)13-6-4-12(14)5-7-13/h4-7,10-11,16H,2-3,8-9H2,1H3. The van der Waals surface area contributed by atoms with Gasteiger partial charge in [0.1, 0.15) is 0 Å². The van der Waals surface area contributed by atoms with Crippen molar-refractivity contribution in [2.75, 3.05) is 13.1 Å². The van der Waals surface area contributed by atoms with Crippen LogP contribution in [-0.2, 0) is 10.0 Å². The fraction of sp³-hybridized carbons (Fsp3) is 0.538. The van der Waals surface area contributed by atoms with E-state index in [1.807, 2.05) is 0 Å². The number of hydrogen-bond acceptors (Lipinski definition) is 3. The highest BCUT2D eigenvalue weighted by Gasteiger charge is 2.31. The van der Waals surface area contributed by atoms with Crippen molar-refractivity contribution in [3.63, 3.8) is 0 Å². The molecule has 1 aliphatic heterocycles. The first-order chi connectivity index (χ1) is 8.91. The largest absolute Gasteiger partial charge is 0.393 e. The molecule has 2 atom stereocenters. The molecular formula is C13H18BrNO3S. The van der Waals surface area contributed by atoms with Crippen molar-refractivity contribution < 1.29 is 13.5 Å². The molecule has 4 nitrogen and oxygen atoms in total. The van der Waals surface area contributed by atoms with Crippen molar-refractivity contribution in [3.05, 3.63) is 28.7 Å². The summed E-state index contributed by atoms with van der Waals surface area (Å²) >= 11 is 3.30. The lowest BCUT2D eigenvalue weighted by molar-refractivity contribution is 0.0885. The van der Waals surface area contributed by atoms with Crippen LogP contribution in [0, 0.1) is 5.92 Å². The molecule has 1 heterocycles. The van der Waals surface area contributed by atoms with Crippen molar-refractivity contribution in [3.8, 4) is 0 Å². The maximum atomic E-state index is 12.5. The third-order valence-electron chi connectivity index (χ3n) is 3.55. The van der Waals surface area contributed by atoms with Crippen molar-refractivity contribution >= 4 is 26.0 Å². The van der Waals surface area contributed by atoms with Gasteiger partial charge < -0.3 is 5.11 Å². The van der Waals surface area contributed by atoms with E-state index in [1.165, 1.54) is 4.31 Å². The predicted molar refractivity (Wildman–Crippen MR) is 77.3 cm³/mol. The zero-order valence-corrected chi connectivity index (χ0v) is 13.2. The van der Waals surface area contributed by atoms with Gasteiger partial charge in [-0.25, -0.2) is 8.42 Å². The molecule has 0 aromatic heterocycles. The summed E-state index contributed by atoms with van der Waals surface area (Å²) in [4.78, 5) is 0.307. The van der Waals surface area contributed by atoms with Crippen LogP contribution in [0.1, 0.15) is 19.8 Å². The summed E-state index contributed by atoms with van der Waals surface area (Å²) in [6.07, 6.45) is 1.21. The van der Waals surface area contributed by atoms with Gasteiger partial charge in [-0.2, -0.15) is 4.31 Å². The lowest BCUT2D eigenvalue weighted by atomic mass is 9.95. The van der Waals surface area contributed by atoms with E-state index in [0.717, 1.165) is 17.3 Å². The Morgan fingerprint density at radius 3 is 2.58 bits per heavy atom. The summed E-state index contributed by atoms with van der Waals surface area (Å²) in [5.41, 5.74) is 0. The molecule has 0 bridgehead atoms. The Kier molecular flexibility index (Phi) is 4.66. The van der Waals surface area contributed by atoms with Crippen molar-refractivity contribution in [2.45, 2.75) is 30.8 Å². The van der Waals surface area contributed by atoms with Crippen LogP contribution in [0.4, 0.5) is 0 Å². The third kappa shape index (κ3) is 3.37. The summed E-state index contributed by atoms with van der Waals surface area (Å²) in [7, 11) is -3.44. The van der Waals surface area contributed by atoms with E-state index in [4.69, 9.17) is 0 Å². The molecule has 0 aliphatic carbocycles. The van der Waals surface area contributed by atoms with Crippen LogP contribution >= 0.6 is 15.9 Å². The Labute approximate surface area is 122 Å². The van der Waals surface area contributed by atoms with E-state index >= 15 is 0 Å². The smallest absolute Gasteiger partial charge is 0.243 e. The average molecular weight is 348 g/mol. The molecule has 106 valence electrons. The first-order valence-electron chi connectivity index (χ1n) is 6.35. The maximum Gasteiger partial charge on any atom is 0.243 e. The van der Waals surface area contributed by atoms with E-state index in [-0.39, 0.29) is 5.92 Å². The maximum absolute atomic E-state index is 12.5. The van der Waals surface area contributed by atoms with E-state index < -0.39 is 16.1 Å². The second kappa shape index (κ2) is 5.91. The van der Waals surface area contributed by atoms with Crippen molar-refractivity contribution in [2.24, 2.45) is 5.92 Å². The fourth-order valence-corrected chi connectivity index (χ4v) is 4.14. The molecule has 1 aromatic carbocycles. The quantitative estimate of drug-likeness (QED) is 0.911. The average Bonchev–Trinajstić information content (AvgIpc) is 2.39. The van der Waals surface area contributed by atoms with Gasteiger partial charge in [-0.3, -0.25) is 0 Å². The number of sulfonamides is 1. The Morgan fingerprint density at radius 2 is 2.00 bits per heavy atom. The highest BCUT2D eigenvalue weighted by atomic mass is 79.9. The van der Waals surface area contributed by atoms with Gasteiger partial charge in [-0.05, 0) is 49.9 Å². The van der Waals surface area contributed by atoms with Crippen molar-refractivity contribution in [1.82, 2.24) is 4.31 Å². The first-order valence-corrected chi connectivity index (χ1v) is 8.58. The molecule has 19 heavy (non-hydrogen) atoms. The number of piperidine rings is 1. The molecular weight excluding hydrogens is 330 g/mol. The Hall–Kier alpha value is -0.430. The SMILES string of the molecule is CC(O)C1CCCN(S(=O)(=O)c2ccc(Br)cc2)C1. The summed E-state index contributed by atoms with van der Waals surface area (Å²) in [5.74, 6) is 0.0268. The van der Waals surface area contributed by atoms with Crippen molar-refractivity contribution in [1.29, 1.82) is 0 Å². The minimum atomic E-state index is -3.44. The summed E-state index contributed by atoms with van der Waals surface area (Å²) in [6, 6.07) is 6.66. The van der Waals surface area contributed by atoms with Crippen LogP contribution in [0.25, 0.3) is 0 Å². The number of aliphatic hydroxyl groups is 1. The molecule has 0 amide bonds. The normalized spacial score (nSPS) is 23.2. The zero-order chi connectivity index (χ0) is 14.0. The molecule has 2 unspecified atom stereocenters. The van der Waals surface area contributed by atoms with E-state index in [9.17, 15) is 13.5 Å². The van der Waals surface area contributed by atoms with Crippen LogP contribution < -0.4 is 0 Å².